The lowest BCUT2D eigenvalue weighted by Crippen LogP contribution is -2.59. The fourth-order valence-electron chi connectivity index (χ4n) is 8.08. The second-order valence-corrected chi connectivity index (χ2v) is 13.4. The smallest absolute Gasteiger partial charge is 0.252 e. The van der Waals surface area contributed by atoms with Gasteiger partial charge in [0.25, 0.3) is 6.71 Å². The zero-order valence-electron chi connectivity index (χ0n) is 26.7. The molecule has 1 N–H and O–H groups in total. The van der Waals surface area contributed by atoms with E-state index in [1.807, 2.05) is 12.1 Å². The first kappa shape index (κ1) is 26.8. The summed E-state index contributed by atoms with van der Waals surface area (Å²) in [6.07, 6.45) is 0. The van der Waals surface area contributed by atoms with Crippen LogP contribution in [-0.2, 0) is 0 Å². The van der Waals surface area contributed by atoms with Gasteiger partial charge in [-0.05, 0) is 122 Å². The summed E-state index contributed by atoms with van der Waals surface area (Å²) in [6.45, 7) is 11.1. The highest BCUT2D eigenvalue weighted by Gasteiger charge is 2.40. The molecule has 0 saturated heterocycles. The number of hydrogen-bond donors (Lipinski definition) is 1. The topological polar surface area (TPSA) is 40.8 Å². The van der Waals surface area contributed by atoms with E-state index in [1.54, 1.807) is 0 Å². The predicted octanol–water partition coefficient (Wildman–Crippen LogP) is 8.42. The fourth-order valence-corrected chi connectivity index (χ4v) is 8.08. The van der Waals surface area contributed by atoms with E-state index in [0.29, 0.717) is 5.56 Å². The molecule has 0 aliphatic carbocycles. The number of fused-ring (bicyclic) bond motifs is 7. The van der Waals surface area contributed by atoms with Crippen LogP contribution in [0.15, 0.2) is 97.1 Å². The maximum absolute atomic E-state index is 9.48. The minimum absolute atomic E-state index is 0.0836. The Kier molecular flexibility index (Phi) is 5.54. The van der Waals surface area contributed by atoms with Crippen molar-refractivity contribution in [1.82, 2.24) is 4.57 Å². The molecular formula is C42H32BN3. The van der Waals surface area contributed by atoms with Crippen LogP contribution in [0, 0.1) is 45.9 Å². The van der Waals surface area contributed by atoms with Crippen molar-refractivity contribution in [2.75, 3.05) is 5.32 Å². The quantitative estimate of drug-likeness (QED) is 0.206. The number of benzene rings is 6. The van der Waals surface area contributed by atoms with Gasteiger partial charge in [0.1, 0.15) is 0 Å². The van der Waals surface area contributed by atoms with Crippen molar-refractivity contribution < 1.29 is 0 Å². The minimum atomic E-state index is 0.0836. The van der Waals surface area contributed by atoms with Crippen molar-refractivity contribution in [3.63, 3.8) is 0 Å². The fraction of sp³-hybridized carbons (Fsp3) is 0.119. The number of hydrogen-bond acceptors (Lipinski definition) is 2. The lowest BCUT2D eigenvalue weighted by Gasteiger charge is -2.36. The Bertz CT molecular complexity index is 2510. The van der Waals surface area contributed by atoms with Gasteiger partial charge in [0.05, 0.1) is 17.1 Å². The van der Waals surface area contributed by atoms with Crippen LogP contribution < -0.4 is 21.7 Å². The van der Waals surface area contributed by atoms with Gasteiger partial charge in [0.15, 0.2) is 0 Å². The van der Waals surface area contributed by atoms with E-state index >= 15 is 0 Å². The molecule has 0 unspecified atom stereocenters. The van der Waals surface area contributed by atoms with E-state index in [4.69, 9.17) is 0 Å². The first-order valence-corrected chi connectivity index (χ1v) is 16.0. The largest absolute Gasteiger partial charge is 0.356 e. The molecule has 1 aromatic heterocycles. The first-order valence-electron chi connectivity index (χ1n) is 16.0. The molecule has 2 aliphatic heterocycles. The van der Waals surface area contributed by atoms with Crippen molar-refractivity contribution in [3.8, 4) is 34.0 Å². The number of nitrogens with zero attached hydrogens (tertiary/aromatic N) is 2. The monoisotopic (exact) mass is 589 g/mol. The minimum Gasteiger partial charge on any atom is -0.356 e. The second-order valence-electron chi connectivity index (χ2n) is 13.4. The molecule has 3 heterocycles. The van der Waals surface area contributed by atoms with Crippen LogP contribution in [0.4, 0.5) is 11.4 Å². The average Bonchev–Trinajstić information content (AvgIpc) is 3.37. The van der Waals surface area contributed by atoms with Crippen LogP contribution in [0.25, 0.3) is 49.7 Å². The molecule has 7 aromatic rings. The zero-order valence-corrected chi connectivity index (χ0v) is 26.7. The third-order valence-corrected chi connectivity index (χ3v) is 10.1. The highest BCUT2D eigenvalue weighted by atomic mass is 15.0. The van der Waals surface area contributed by atoms with Gasteiger partial charge in [-0.1, -0.05) is 70.8 Å². The van der Waals surface area contributed by atoms with Gasteiger partial charge >= 0.3 is 0 Å². The van der Waals surface area contributed by atoms with Crippen molar-refractivity contribution in [2.24, 2.45) is 0 Å². The Hall–Kier alpha value is -5.53. The van der Waals surface area contributed by atoms with Crippen LogP contribution in [0.1, 0.15) is 33.4 Å². The summed E-state index contributed by atoms with van der Waals surface area (Å²) in [4.78, 5) is 0. The summed E-state index contributed by atoms with van der Waals surface area (Å²) < 4.78 is 2.51. The van der Waals surface area contributed by atoms with E-state index in [2.05, 4.69) is 136 Å². The SMILES string of the molecule is Cc1ccc(C)c(-c2cc(C)cc3c2Nc2cc(-c4ccc(C#N)cc4)cc4c2B3c2cc(C)cc3c5cc(C)ccc5n-4c23)c1. The van der Waals surface area contributed by atoms with Crippen LogP contribution in [0.3, 0.4) is 0 Å². The molecule has 6 aromatic carbocycles. The summed E-state index contributed by atoms with van der Waals surface area (Å²) in [5, 5.41) is 16.1. The molecule has 46 heavy (non-hydrogen) atoms. The summed E-state index contributed by atoms with van der Waals surface area (Å²) in [5.41, 5.74) is 21.9. The summed E-state index contributed by atoms with van der Waals surface area (Å²) >= 11 is 0. The van der Waals surface area contributed by atoms with Gasteiger partial charge in [-0.2, -0.15) is 5.26 Å². The van der Waals surface area contributed by atoms with Crippen LogP contribution in [0.2, 0.25) is 0 Å². The molecule has 0 fully saturated rings. The molecule has 0 bridgehead atoms. The Morgan fingerprint density at radius 1 is 0.630 bits per heavy atom. The van der Waals surface area contributed by atoms with Gasteiger partial charge in [0, 0.05) is 38.9 Å². The normalized spacial score (nSPS) is 12.6. The lowest BCUT2D eigenvalue weighted by molar-refractivity contribution is 1.19. The molecule has 0 spiro atoms. The number of rotatable bonds is 2. The molecular weight excluding hydrogens is 557 g/mol. The van der Waals surface area contributed by atoms with Crippen molar-refractivity contribution >= 4 is 56.3 Å². The molecule has 0 radical (unpaired) electrons. The van der Waals surface area contributed by atoms with E-state index in [0.717, 1.165) is 16.8 Å². The van der Waals surface area contributed by atoms with E-state index in [-0.39, 0.29) is 6.71 Å². The van der Waals surface area contributed by atoms with Gasteiger partial charge in [0.2, 0.25) is 0 Å². The van der Waals surface area contributed by atoms with Gasteiger partial charge in [-0.3, -0.25) is 0 Å². The first-order chi connectivity index (χ1) is 22.3. The predicted molar refractivity (Wildman–Crippen MR) is 194 cm³/mol. The molecule has 3 nitrogen and oxygen atoms in total. The molecule has 4 heteroatoms. The Balaban J connectivity index is 1.43. The average molecular weight is 590 g/mol. The number of aryl methyl sites for hydroxylation is 5. The highest BCUT2D eigenvalue weighted by molar-refractivity contribution is 7.00. The molecule has 0 amide bonds. The number of nitrogens with one attached hydrogen (secondary N) is 1. The van der Waals surface area contributed by atoms with Crippen molar-refractivity contribution in [1.29, 1.82) is 5.26 Å². The second kappa shape index (κ2) is 9.49. The lowest BCUT2D eigenvalue weighted by atomic mass is 9.33. The van der Waals surface area contributed by atoms with Crippen molar-refractivity contribution in [2.45, 2.75) is 34.6 Å². The Morgan fingerprint density at radius 2 is 1.33 bits per heavy atom. The van der Waals surface area contributed by atoms with E-state index in [9.17, 15) is 5.26 Å². The third-order valence-electron chi connectivity index (χ3n) is 10.1. The van der Waals surface area contributed by atoms with Gasteiger partial charge in [-0.15, -0.1) is 0 Å². The van der Waals surface area contributed by atoms with Crippen LogP contribution >= 0.6 is 0 Å². The van der Waals surface area contributed by atoms with Crippen LogP contribution in [-0.4, -0.2) is 11.3 Å². The molecule has 0 atom stereocenters. The standard InChI is InChI=1S/C42H32BN3/c1-23-6-8-27(5)31(14-23)33-16-25(3)18-35-41(33)45-37-20-30(29-11-9-28(22-44)10-12-29)21-39-40(37)43(35)36-19-26(4)17-34-32-15-24(2)7-13-38(32)46(39)42(34)36/h6-21,45H,1-5H3. The van der Waals surface area contributed by atoms with Gasteiger partial charge in [-0.25, -0.2) is 0 Å². The van der Waals surface area contributed by atoms with Crippen molar-refractivity contribution in [3.05, 3.63) is 130 Å². The zero-order chi connectivity index (χ0) is 31.4. The highest BCUT2D eigenvalue weighted by Crippen LogP contribution is 2.41. The summed E-state index contributed by atoms with van der Waals surface area (Å²) in [7, 11) is 0. The Morgan fingerprint density at radius 3 is 2.13 bits per heavy atom. The third kappa shape index (κ3) is 3.72. The molecule has 9 rings (SSSR count). The summed E-state index contributed by atoms with van der Waals surface area (Å²) in [5.74, 6) is 0. The van der Waals surface area contributed by atoms with E-state index in [1.165, 1.54) is 88.5 Å². The molecule has 2 aliphatic rings. The Labute approximate surface area is 269 Å². The maximum atomic E-state index is 9.48. The molecule has 0 saturated carbocycles. The maximum Gasteiger partial charge on any atom is 0.252 e. The molecule has 218 valence electrons. The number of aromatic nitrogens is 1. The number of nitriles is 1. The van der Waals surface area contributed by atoms with E-state index < -0.39 is 0 Å². The number of anilines is 2. The van der Waals surface area contributed by atoms with Crippen LogP contribution in [0.5, 0.6) is 0 Å². The summed E-state index contributed by atoms with van der Waals surface area (Å²) in [6, 6.07) is 38.1. The van der Waals surface area contributed by atoms with Gasteiger partial charge < -0.3 is 9.88 Å².